The van der Waals surface area contributed by atoms with E-state index in [9.17, 15) is 4.79 Å². The summed E-state index contributed by atoms with van der Waals surface area (Å²) in [5.41, 5.74) is -0.406. The number of hydrogen-bond acceptors (Lipinski definition) is 3. The standard InChI is InChI=1S/C15H31NO2S.3CH4/c1-15(2,3)18-14(17)16-12-10-8-6-4-5-7-9-11-13-19;;;/h19H,4-13H2,1-3H3,(H,16,17);3*1H4. The molecule has 0 saturated carbocycles. The lowest BCUT2D eigenvalue weighted by Crippen LogP contribution is -2.32. The van der Waals surface area contributed by atoms with Crippen LogP contribution in [0.2, 0.25) is 0 Å². The van der Waals surface area contributed by atoms with Crippen LogP contribution in [0.15, 0.2) is 0 Å². The van der Waals surface area contributed by atoms with Gasteiger partial charge in [0.05, 0.1) is 0 Å². The Bertz CT molecular complexity index is 228. The molecule has 1 N–H and O–H groups in total. The van der Waals surface area contributed by atoms with Gasteiger partial charge in [-0.2, -0.15) is 12.6 Å². The van der Waals surface area contributed by atoms with Crippen LogP contribution in [0.1, 0.15) is 94.4 Å². The van der Waals surface area contributed by atoms with Gasteiger partial charge in [-0.1, -0.05) is 60.8 Å². The Morgan fingerprint density at radius 2 is 1.27 bits per heavy atom. The zero-order chi connectivity index (χ0) is 14.6. The first kappa shape index (κ1) is 29.6. The molecule has 0 bridgehead atoms. The fourth-order valence-electron chi connectivity index (χ4n) is 1.80. The Hall–Kier alpha value is -0.380. The van der Waals surface area contributed by atoms with E-state index in [0.29, 0.717) is 6.54 Å². The maximum absolute atomic E-state index is 11.4. The van der Waals surface area contributed by atoms with Crippen molar-refractivity contribution in [1.29, 1.82) is 0 Å². The number of rotatable bonds is 10. The van der Waals surface area contributed by atoms with Crippen molar-refractivity contribution in [3.8, 4) is 0 Å². The molecule has 0 spiro atoms. The molecule has 1 amide bonds. The highest BCUT2D eigenvalue weighted by atomic mass is 32.1. The molecule has 22 heavy (non-hydrogen) atoms. The van der Waals surface area contributed by atoms with Crippen LogP contribution in [-0.4, -0.2) is 24.0 Å². The number of nitrogens with one attached hydrogen (secondary N) is 1. The average molecular weight is 338 g/mol. The van der Waals surface area contributed by atoms with Crippen molar-refractivity contribution in [2.45, 2.75) is 100 Å². The Balaban J connectivity index is -0.000000540. The van der Waals surface area contributed by atoms with Crippen molar-refractivity contribution in [3.05, 3.63) is 0 Å². The van der Waals surface area contributed by atoms with Crippen LogP contribution in [0.3, 0.4) is 0 Å². The number of amides is 1. The van der Waals surface area contributed by atoms with Gasteiger partial charge in [0.2, 0.25) is 0 Å². The number of carbonyl (C=O) groups excluding carboxylic acids is 1. The molecule has 4 heteroatoms. The van der Waals surface area contributed by atoms with Gasteiger partial charge in [-0.25, -0.2) is 4.79 Å². The topological polar surface area (TPSA) is 38.3 Å². The average Bonchev–Trinajstić information content (AvgIpc) is 2.29. The second-order valence-corrected chi connectivity index (χ2v) is 6.43. The summed E-state index contributed by atoms with van der Waals surface area (Å²) in [4.78, 5) is 11.4. The first-order valence-corrected chi connectivity index (χ1v) is 8.16. The minimum atomic E-state index is -0.406. The van der Waals surface area contributed by atoms with Gasteiger partial charge in [-0.15, -0.1) is 0 Å². The van der Waals surface area contributed by atoms with Crippen molar-refractivity contribution < 1.29 is 9.53 Å². The minimum Gasteiger partial charge on any atom is -0.444 e. The van der Waals surface area contributed by atoms with Crippen molar-refractivity contribution in [2.75, 3.05) is 12.3 Å². The second kappa shape index (κ2) is 18.7. The molecule has 0 aromatic heterocycles. The SMILES string of the molecule is C.C.C.CC(C)(C)OC(=O)NCCCCCCCCCCS. The van der Waals surface area contributed by atoms with E-state index >= 15 is 0 Å². The lowest BCUT2D eigenvalue weighted by Gasteiger charge is -2.19. The monoisotopic (exact) mass is 337 g/mol. The predicted octanol–water partition coefficient (Wildman–Crippen LogP) is 6.47. The molecule has 0 fully saturated rings. The molecule has 0 radical (unpaired) electrons. The summed E-state index contributed by atoms with van der Waals surface area (Å²) >= 11 is 4.20. The first-order chi connectivity index (χ1) is 8.95. The normalized spacial score (nSPS) is 9.82. The van der Waals surface area contributed by atoms with Gasteiger partial charge < -0.3 is 10.1 Å². The fourth-order valence-corrected chi connectivity index (χ4v) is 2.03. The van der Waals surface area contributed by atoms with Gasteiger partial charge in [0.25, 0.3) is 0 Å². The van der Waals surface area contributed by atoms with Crippen LogP contribution in [0.4, 0.5) is 4.79 Å². The lowest BCUT2D eigenvalue weighted by atomic mass is 10.1. The minimum absolute atomic E-state index is 0. The zero-order valence-corrected chi connectivity index (χ0v) is 13.7. The van der Waals surface area contributed by atoms with E-state index in [1.54, 1.807) is 0 Å². The first-order valence-electron chi connectivity index (χ1n) is 7.53. The Labute approximate surface area is 146 Å². The largest absolute Gasteiger partial charge is 0.444 e. The van der Waals surface area contributed by atoms with Gasteiger partial charge in [-0.05, 0) is 39.4 Å². The summed E-state index contributed by atoms with van der Waals surface area (Å²) < 4.78 is 5.16. The van der Waals surface area contributed by atoms with Crippen LogP contribution in [0.25, 0.3) is 0 Å². The molecule has 0 heterocycles. The third kappa shape index (κ3) is 24.6. The van der Waals surface area contributed by atoms with Crippen molar-refractivity contribution in [1.82, 2.24) is 5.32 Å². The molecule has 0 aliphatic rings. The molecule has 0 aliphatic carbocycles. The highest BCUT2D eigenvalue weighted by Gasteiger charge is 2.15. The molecule has 138 valence electrons. The van der Waals surface area contributed by atoms with E-state index in [1.807, 2.05) is 20.8 Å². The molecule has 0 saturated heterocycles. The van der Waals surface area contributed by atoms with Crippen LogP contribution in [0, 0.1) is 0 Å². The van der Waals surface area contributed by atoms with Crippen LogP contribution < -0.4 is 5.32 Å². The number of unbranched alkanes of at least 4 members (excludes halogenated alkanes) is 7. The summed E-state index contributed by atoms with van der Waals surface area (Å²) in [6.07, 6.45) is 9.68. The molecule has 0 rings (SSSR count). The number of ether oxygens (including phenoxy) is 1. The van der Waals surface area contributed by atoms with Gasteiger partial charge in [0, 0.05) is 6.54 Å². The smallest absolute Gasteiger partial charge is 0.407 e. The van der Waals surface area contributed by atoms with Crippen molar-refractivity contribution in [2.24, 2.45) is 0 Å². The molecule has 0 atom stereocenters. The van der Waals surface area contributed by atoms with E-state index in [4.69, 9.17) is 4.74 Å². The van der Waals surface area contributed by atoms with Crippen LogP contribution in [0.5, 0.6) is 0 Å². The molecule has 0 aliphatic heterocycles. The van der Waals surface area contributed by atoms with E-state index in [-0.39, 0.29) is 28.4 Å². The van der Waals surface area contributed by atoms with Gasteiger partial charge >= 0.3 is 6.09 Å². The van der Waals surface area contributed by atoms with Crippen LogP contribution >= 0.6 is 12.6 Å². The molecular weight excluding hydrogens is 294 g/mol. The van der Waals surface area contributed by atoms with Crippen molar-refractivity contribution >= 4 is 18.7 Å². The number of alkyl carbamates (subject to hydrolysis) is 1. The molecular formula is C18H43NO2S. The zero-order valence-electron chi connectivity index (χ0n) is 12.8. The third-order valence-electron chi connectivity index (χ3n) is 2.75. The van der Waals surface area contributed by atoms with Gasteiger partial charge in [0.1, 0.15) is 5.60 Å². The molecule has 0 aromatic carbocycles. The van der Waals surface area contributed by atoms with E-state index < -0.39 is 5.60 Å². The van der Waals surface area contributed by atoms with Crippen LogP contribution in [-0.2, 0) is 4.74 Å². The quantitative estimate of drug-likeness (QED) is 0.354. The third-order valence-corrected chi connectivity index (χ3v) is 3.07. The second-order valence-electron chi connectivity index (χ2n) is 5.98. The summed E-state index contributed by atoms with van der Waals surface area (Å²) in [5.74, 6) is 1.01. The van der Waals surface area contributed by atoms with Gasteiger partial charge in [0.15, 0.2) is 0 Å². The van der Waals surface area contributed by atoms with E-state index in [1.165, 1.54) is 44.9 Å². The maximum Gasteiger partial charge on any atom is 0.407 e. The Morgan fingerprint density at radius 1 is 0.864 bits per heavy atom. The Kier molecular flexibility index (Phi) is 25.1. The number of hydrogen-bond donors (Lipinski definition) is 2. The summed E-state index contributed by atoms with van der Waals surface area (Å²) in [6, 6.07) is 0. The fraction of sp³-hybridized carbons (Fsp3) is 0.944. The molecule has 3 nitrogen and oxygen atoms in total. The molecule has 0 unspecified atom stereocenters. The highest BCUT2D eigenvalue weighted by Crippen LogP contribution is 2.09. The van der Waals surface area contributed by atoms with Gasteiger partial charge in [-0.3, -0.25) is 0 Å². The van der Waals surface area contributed by atoms with E-state index in [2.05, 4.69) is 17.9 Å². The highest BCUT2D eigenvalue weighted by molar-refractivity contribution is 7.80. The lowest BCUT2D eigenvalue weighted by molar-refractivity contribution is 0.0527. The molecule has 0 aromatic rings. The number of carbonyl (C=O) groups is 1. The Morgan fingerprint density at radius 3 is 1.68 bits per heavy atom. The number of thiol groups is 1. The predicted molar refractivity (Wildman–Crippen MR) is 105 cm³/mol. The summed E-state index contributed by atoms with van der Waals surface area (Å²) in [5, 5.41) is 2.79. The summed E-state index contributed by atoms with van der Waals surface area (Å²) in [6.45, 7) is 6.34. The maximum atomic E-state index is 11.4. The summed E-state index contributed by atoms with van der Waals surface area (Å²) in [7, 11) is 0. The van der Waals surface area contributed by atoms with Crippen molar-refractivity contribution in [3.63, 3.8) is 0 Å². The van der Waals surface area contributed by atoms with E-state index in [0.717, 1.165) is 12.2 Å².